The Morgan fingerprint density at radius 2 is 2.00 bits per heavy atom. The molecule has 0 saturated carbocycles. The van der Waals surface area contributed by atoms with E-state index in [4.69, 9.17) is 11.6 Å². The third-order valence-corrected chi connectivity index (χ3v) is 4.19. The molecule has 0 aliphatic heterocycles. The number of aryl methyl sites for hydroxylation is 1. The Balaban J connectivity index is 2.16. The number of hydrogen-bond donors (Lipinski definition) is 1. The van der Waals surface area contributed by atoms with Crippen LogP contribution in [0.15, 0.2) is 48.0 Å². The van der Waals surface area contributed by atoms with E-state index in [9.17, 15) is 20.2 Å². The van der Waals surface area contributed by atoms with Gasteiger partial charge in [-0.1, -0.05) is 43.1 Å². The van der Waals surface area contributed by atoms with Gasteiger partial charge in [-0.2, -0.15) is 5.26 Å². The number of halogens is 1. The fourth-order valence-electron chi connectivity index (χ4n) is 2.41. The van der Waals surface area contributed by atoms with Gasteiger partial charge in [0.15, 0.2) is 0 Å². The molecule has 2 aromatic carbocycles. The number of nitro groups is 1. The Morgan fingerprint density at radius 3 is 2.59 bits per heavy atom. The van der Waals surface area contributed by atoms with Crippen molar-refractivity contribution in [2.24, 2.45) is 0 Å². The van der Waals surface area contributed by atoms with Crippen LogP contribution in [0, 0.1) is 21.4 Å². The highest BCUT2D eigenvalue weighted by molar-refractivity contribution is 6.32. The second kappa shape index (κ2) is 9.51. The number of nitriles is 1. The van der Waals surface area contributed by atoms with Crippen molar-refractivity contribution in [1.82, 2.24) is 0 Å². The van der Waals surface area contributed by atoms with Crippen LogP contribution in [0.25, 0.3) is 6.08 Å². The number of unbranched alkanes of at least 4 members (excludes halogenated alkanes) is 1. The van der Waals surface area contributed by atoms with E-state index >= 15 is 0 Å². The quantitative estimate of drug-likeness (QED) is 0.310. The number of nitro benzene ring substituents is 1. The predicted octanol–water partition coefficient (Wildman–Crippen LogP) is 5.14. The number of anilines is 1. The van der Waals surface area contributed by atoms with E-state index in [2.05, 4.69) is 12.2 Å². The molecule has 27 heavy (non-hydrogen) atoms. The van der Waals surface area contributed by atoms with Crippen LogP contribution < -0.4 is 5.32 Å². The number of rotatable bonds is 7. The average molecular weight is 384 g/mol. The highest BCUT2D eigenvalue weighted by atomic mass is 35.5. The van der Waals surface area contributed by atoms with E-state index in [0.29, 0.717) is 11.3 Å². The van der Waals surface area contributed by atoms with E-state index in [1.54, 1.807) is 12.1 Å². The van der Waals surface area contributed by atoms with Crippen molar-refractivity contribution in [3.63, 3.8) is 0 Å². The Bertz CT molecular complexity index is 915. The summed E-state index contributed by atoms with van der Waals surface area (Å²) < 4.78 is 0. The van der Waals surface area contributed by atoms with Gasteiger partial charge in [-0.25, -0.2) is 0 Å². The smallest absolute Gasteiger partial charge is 0.288 e. The predicted molar refractivity (Wildman–Crippen MR) is 105 cm³/mol. The molecule has 0 aliphatic carbocycles. The SMILES string of the molecule is CCCCc1ccc(NC(=O)C(C#N)=Cc2ccc(Cl)c([N+](=O)[O-])c2)cc1. The first-order valence-electron chi connectivity index (χ1n) is 8.40. The maximum Gasteiger partial charge on any atom is 0.288 e. The standard InChI is InChI=1S/C20H18ClN3O3/c1-2-3-4-14-5-8-17(9-6-14)23-20(25)16(13-22)11-15-7-10-18(21)19(12-15)24(26)27/h5-12H,2-4H2,1H3,(H,23,25). The van der Waals surface area contributed by atoms with Crippen molar-refractivity contribution in [3.8, 4) is 6.07 Å². The van der Waals surface area contributed by atoms with E-state index in [0.717, 1.165) is 19.3 Å². The molecular weight excluding hydrogens is 366 g/mol. The lowest BCUT2D eigenvalue weighted by atomic mass is 10.1. The zero-order valence-corrected chi connectivity index (χ0v) is 15.5. The molecule has 2 rings (SSSR count). The summed E-state index contributed by atoms with van der Waals surface area (Å²) in [6, 6.07) is 13.3. The van der Waals surface area contributed by atoms with E-state index in [1.165, 1.54) is 29.8 Å². The number of amides is 1. The molecule has 0 bridgehead atoms. The molecule has 6 nitrogen and oxygen atoms in total. The topological polar surface area (TPSA) is 96.0 Å². The lowest BCUT2D eigenvalue weighted by Gasteiger charge is -2.06. The lowest BCUT2D eigenvalue weighted by Crippen LogP contribution is -2.13. The molecule has 0 saturated heterocycles. The van der Waals surface area contributed by atoms with Gasteiger partial charge in [0.25, 0.3) is 11.6 Å². The third kappa shape index (κ3) is 5.66. The first-order chi connectivity index (χ1) is 12.9. The van der Waals surface area contributed by atoms with Crippen LogP contribution in [0.2, 0.25) is 5.02 Å². The molecule has 0 spiro atoms. The number of carbonyl (C=O) groups excluding carboxylic acids is 1. The maximum atomic E-state index is 12.3. The zero-order chi connectivity index (χ0) is 19.8. The van der Waals surface area contributed by atoms with Crippen LogP contribution in [-0.2, 0) is 11.2 Å². The second-order valence-corrected chi connectivity index (χ2v) is 6.30. The van der Waals surface area contributed by atoms with Gasteiger partial charge >= 0.3 is 0 Å². The van der Waals surface area contributed by atoms with Gasteiger partial charge in [0, 0.05) is 11.8 Å². The molecule has 1 N–H and O–H groups in total. The molecule has 7 heteroatoms. The Morgan fingerprint density at radius 1 is 1.30 bits per heavy atom. The molecule has 138 valence electrons. The highest BCUT2D eigenvalue weighted by Gasteiger charge is 2.14. The first-order valence-corrected chi connectivity index (χ1v) is 8.78. The highest BCUT2D eigenvalue weighted by Crippen LogP contribution is 2.26. The molecular formula is C20H18ClN3O3. The molecule has 0 aliphatic rings. The minimum absolute atomic E-state index is 0.0109. The van der Waals surface area contributed by atoms with Crippen molar-refractivity contribution in [2.45, 2.75) is 26.2 Å². The molecule has 0 atom stereocenters. The van der Waals surface area contributed by atoms with Crippen LogP contribution in [0.3, 0.4) is 0 Å². The normalized spacial score (nSPS) is 10.9. The van der Waals surface area contributed by atoms with Gasteiger partial charge in [0.05, 0.1) is 4.92 Å². The van der Waals surface area contributed by atoms with Gasteiger partial charge in [0.1, 0.15) is 16.7 Å². The summed E-state index contributed by atoms with van der Waals surface area (Å²) in [5.74, 6) is -0.587. The first kappa shape index (κ1) is 20.1. The van der Waals surface area contributed by atoms with Crippen LogP contribution in [0.5, 0.6) is 0 Å². The number of hydrogen-bond acceptors (Lipinski definition) is 4. The average Bonchev–Trinajstić information content (AvgIpc) is 2.66. The molecule has 2 aromatic rings. The summed E-state index contributed by atoms with van der Waals surface area (Å²) in [6.07, 6.45) is 4.47. The Labute approximate surface area is 162 Å². The van der Waals surface area contributed by atoms with Crippen LogP contribution in [-0.4, -0.2) is 10.8 Å². The number of nitrogens with one attached hydrogen (secondary N) is 1. The minimum atomic E-state index is -0.619. The molecule has 0 unspecified atom stereocenters. The van der Waals surface area contributed by atoms with Crippen molar-refractivity contribution in [2.75, 3.05) is 5.32 Å². The van der Waals surface area contributed by atoms with Crippen LogP contribution in [0.1, 0.15) is 30.9 Å². The maximum absolute atomic E-state index is 12.3. The summed E-state index contributed by atoms with van der Waals surface area (Å²) in [5.41, 5.74) is 1.64. The van der Waals surface area contributed by atoms with Gasteiger partial charge in [-0.15, -0.1) is 0 Å². The fraction of sp³-hybridized carbons (Fsp3) is 0.200. The fourth-order valence-corrected chi connectivity index (χ4v) is 2.60. The van der Waals surface area contributed by atoms with Crippen LogP contribution in [0.4, 0.5) is 11.4 Å². The van der Waals surface area contributed by atoms with E-state index < -0.39 is 10.8 Å². The summed E-state index contributed by atoms with van der Waals surface area (Å²) in [6.45, 7) is 2.12. The van der Waals surface area contributed by atoms with Crippen molar-refractivity contribution >= 4 is 35.0 Å². The Hall–Kier alpha value is -3.17. The van der Waals surface area contributed by atoms with Crippen molar-refractivity contribution < 1.29 is 9.72 Å². The molecule has 0 fully saturated rings. The number of benzene rings is 2. The van der Waals surface area contributed by atoms with Crippen molar-refractivity contribution in [1.29, 1.82) is 5.26 Å². The van der Waals surface area contributed by atoms with E-state index in [1.807, 2.05) is 18.2 Å². The van der Waals surface area contributed by atoms with Gasteiger partial charge in [-0.05, 0) is 48.2 Å². The van der Waals surface area contributed by atoms with Gasteiger partial charge in [0.2, 0.25) is 0 Å². The Kier molecular flexibility index (Phi) is 7.09. The second-order valence-electron chi connectivity index (χ2n) is 5.89. The monoisotopic (exact) mass is 383 g/mol. The van der Waals surface area contributed by atoms with Gasteiger partial charge in [-0.3, -0.25) is 14.9 Å². The summed E-state index contributed by atoms with van der Waals surface area (Å²) in [5, 5.41) is 22.9. The summed E-state index contributed by atoms with van der Waals surface area (Å²) in [7, 11) is 0. The zero-order valence-electron chi connectivity index (χ0n) is 14.7. The number of nitrogens with zero attached hydrogens (tertiary/aromatic N) is 2. The lowest BCUT2D eigenvalue weighted by molar-refractivity contribution is -0.384. The molecule has 1 amide bonds. The van der Waals surface area contributed by atoms with E-state index in [-0.39, 0.29) is 16.3 Å². The van der Waals surface area contributed by atoms with Crippen LogP contribution >= 0.6 is 11.6 Å². The number of carbonyl (C=O) groups is 1. The molecule has 0 heterocycles. The summed E-state index contributed by atoms with van der Waals surface area (Å²) in [4.78, 5) is 22.7. The minimum Gasteiger partial charge on any atom is -0.321 e. The molecule has 0 radical (unpaired) electrons. The third-order valence-electron chi connectivity index (χ3n) is 3.87. The van der Waals surface area contributed by atoms with Crippen molar-refractivity contribution in [3.05, 3.63) is 74.3 Å². The van der Waals surface area contributed by atoms with Gasteiger partial charge < -0.3 is 5.32 Å². The molecule has 0 aromatic heterocycles. The summed E-state index contributed by atoms with van der Waals surface area (Å²) >= 11 is 5.77. The largest absolute Gasteiger partial charge is 0.321 e.